The van der Waals surface area contributed by atoms with Gasteiger partial charge in [0.05, 0.1) is 40.6 Å². The summed E-state index contributed by atoms with van der Waals surface area (Å²) in [6, 6.07) is 10.1. The number of halogens is 3. The van der Waals surface area contributed by atoms with E-state index in [0.29, 0.717) is 70.7 Å². The van der Waals surface area contributed by atoms with E-state index in [1.165, 1.54) is 4.57 Å². The van der Waals surface area contributed by atoms with Crippen LogP contribution in [0.2, 0.25) is 5.02 Å². The summed E-state index contributed by atoms with van der Waals surface area (Å²) in [5, 5.41) is 15.2. The standard InChI is InChI=1S/C43H46ClF2N9O5/c1-22-12-14-42(15-13-32(22)60-25-7-8-26-31(17-25)54(3)52-34(26)27-9-11-33(56)49-39(27)57)19-55(20-42)41-47-18-29(44)38(51-41)48-24-6-10-30-28(16-24)35-36(40(58)53(30)2)59-21-43(45,46)37(50-35)23-4-5-23/h6-8,10,16-18,22-23,27,32,37,50H,4-5,9,11-15,19-21H2,1-3H3,(H,47,48,51)(H,49,56,57)/t22-,27?,32+,37+/m1/s1. The SMILES string of the molecule is C[C@@H]1CCC2(CC[C@@H]1Oc1ccc3c(C4CCC(=O)NC4=O)nn(C)c3c1)CN(c1ncc(Cl)c(Nc3ccc4c(c3)c3c(c(=O)n4C)OCC(F)(F)[C@H](C4CC4)N3)n1)C2. The quantitative estimate of drug-likeness (QED) is 0.148. The first-order valence-electron chi connectivity index (χ1n) is 20.7. The molecule has 1 spiro atoms. The number of nitrogens with one attached hydrogen (secondary N) is 3. The fourth-order valence-electron chi connectivity index (χ4n) is 9.72. The van der Waals surface area contributed by atoms with Gasteiger partial charge < -0.3 is 29.6 Å². The number of fused-ring (bicyclic) bond motifs is 4. The molecule has 3 aliphatic heterocycles. The molecule has 2 saturated carbocycles. The van der Waals surface area contributed by atoms with Crippen molar-refractivity contribution in [3.8, 4) is 11.5 Å². The molecule has 4 fully saturated rings. The van der Waals surface area contributed by atoms with Gasteiger partial charge in [0.15, 0.2) is 12.4 Å². The number of rotatable bonds is 7. The van der Waals surface area contributed by atoms with Gasteiger partial charge in [0.1, 0.15) is 16.9 Å². The van der Waals surface area contributed by atoms with Gasteiger partial charge in [-0.2, -0.15) is 10.1 Å². The van der Waals surface area contributed by atoms with Crippen molar-refractivity contribution in [1.82, 2.24) is 29.6 Å². The van der Waals surface area contributed by atoms with Crippen LogP contribution in [0.25, 0.3) is 21.8 Å². The molecule has 10 rings (SSSR count). The smallest absolute Gasteiger partial charge is 0.301 e. The van der Waals surface area contributed by atoms with E-state index >= 15 is 8.78 Å². The van der Waals surface area contributed by atoms with Crippen LogP contribution in [0, 0.1) is 17.3 Å². The lowest BCUT2D eigenvalue weighted by Gasteiger charge is -2.50. The number of imide groups is 1. The molecule has 0 radical (unpaired) electrons. The number of aromatic nitrogens is 5. The third-order valence-corrected chi connectivity index (χ3v) is 13.6. The number of nitrogens with zero attached hydrogens (tertiary/aromatic N) is 6. The molecule has 4 atom stereocenters. The summed E-state index contributed by atoms with van der Waals surface area (Å²) in [6.45, 7) is 2.98. The third-order valence-electron chi connectivity index (χ3n) is 13.4. The van der Waals surface area contributed by atoms with E-state index in [1.54, 1.807) is 36.1 Å². The highest BCUT2D eigenvalue weighted by molar-refractivity contribution is 6.33. The predicted octanol–water partition coefficient (Wildman–Crippen LogP) is 6.81. The first-order chi connectivity index (χ1) is 28.8. The summed E-state index contributed by atoms with van der Waals surface area (Å²) < 4.78 is 45.7. The molecule has 6 heterocycles. The molecule has 14 nitrogen and oxygen atoms in total. The Morgan fingerprint density at radius 1 is 0.983 bits per heavy atom. The number of hydrogen-bond donors (Lipinski definition) is 3. The Morgan fingerprint density at radius 2 is 1.78 bits per heavy atom. The molecule has 2 saturated heterocycles. The summed E-state index contributed by atoms with van der Waals surface area (Å²) in [6.07, 6.45) is 7.68. The Kier molecular flexibility index (Phi) is 9.22. The lowest BCUT2D eigenvalue weighted by atomic mass is 9.73. The number of hydrogen-bond acceptors (Lipinski definition) is 11. The molecule has 3 aromatic heterocycles. The number of aryl methyl sites for hydroxylation is 2. The van der Waals surface area contributed by atoms with Crippen LogP contribution in [0.3, 0.4) is 0 Å². The zero-order valence-electron chi connectivity index (χ0n) is 33.6. The molecule has 17 heteroatoms. The zero-order chi connectivity index (χ0) is 41.7. The van der Waals surface area contributed by atoms with E-state index in [1.807, 2.05) is 25.2 Å². The van der Waals surface area contributed by atoms with Gasteiger partial charge in [-0.1, -0.05) is 18.5 Å². The molecule has 3 N–H and O–H groups in total. The number of amides is 2. The topological polar surface area (TPSA) is 158 Å². The molecule has 1 unspecified atom stereocenters. The number of anilines is 4. The Hall–Kier alpha value is -5.51. The Balaban J connectivity index is 0.823. The molecule has 60 heavy (non-hydrogen) atoms. The van der Waals surface area contributed by atoms with Crippen LogP contribution in [0.1, 0.15) is 69.9 Å². The number of carbonyl (C=O) groups excluding carboxylic acids is 2. The maximum atomic E-state index is 15.2. The van der Waals surface area contributed by atoms with E-state index < -0.39 is 30.0 Å². The minimum atomic E-state index is -3.14. The fraction of sp³-hybridized carbons (Fsp3) is 0.488. The van der Waals surface area contributed by atoms with E-state index in [0.717, 1.165) is 55.4 Å². The molecular weight excluding hydrogens is 796 g/mol. The van der Waals surface area contributed by atoms with E-state index in [4.69, 9.17) is 26.1 Å². The average Bonchev–Trinajstić information content (AvgIpc) is 4.03. The van der Waals surface area contributed by atoms with Crippen molar-refractivity contribution in [2.24, 2.45) is 31.3 Å². The largest absolute Gasteiger partial charge is 0.490 e. The second-order valence-electron chi connectivity index (χ2n) is 17.6. The van der Waals surface area contributed by atoms with Crippen molar-refractivity contribution >= 4 is 68.4 Å². The van der Waals surface area contributed by atoms with Crippen LogP contribution in [-0.2, 0) is 23.7 Å². The molecule has 314 valence electrons. The van der Waals surface area contributed by atoms with Crippen molar-refractivity contribution in [2.75, 3.05) is 35.2 Å². The van der Waals surface area contributed by atoms with Crippen LogP contribution < -0.4 is 35.9 Å². The molecule has 2 amide bonds. The number of alkyl halides is 2. The molecule has 2 aliphatic carbocycles. The van der Waals surface area contributed by atoms with Crippen LogP contribution in [0.15, 0.2) is 47.4 Å². The fourth-order valence-corrected chi connectivity index (χ4v) is 9.86. The summed E-state index contributed by atoms with van der Waals surface area (Å²) in [7, 11) is 3.46. The van der Waals surface area contributed by atoms with E-state index in [9.17, 15) is 14.4 Å². The number of carbonyl (C=O) groups is 2. The lowest BCUT2D eigenvalue weighted by Crippen LogP contribution is -2.57. The molecular formula is C43H46ClF2N9O5. The minimum Gasteiger partial charge on any atom is -0.490 e. The van der Waals surface area contributed by atoms with Crippen LogP contribution in [0.4, 0.5) is 31.9 Å². The molecule has 5 aromatic rings. The minimum absolute atomic E-state index is 0.0264. The molecule has 2 aromatic carbocycles. The van der Waals surface area contributed by atoms with Crippen molar-refractivity contribution in [3.05, 3.63) is 63.7 Å². The number of piperidine rings is 1. The highest BCUT2D eigenvalue weighted by atomic mass is 35.5. The maximum absolute atomic E-state index is 15.2. The van der Waals surface area contributed by atoms with Crippen molar-refractivity contribution in [1.29, 1.82) is 0 Å². The maximum Gasteiger partial charge on any atom is 0.301 e. The summed E-state index contributed by atoms with van der Waals surface area (Å²) in [4.78, 5) is 49.2. The molecule has 0 bridgehead atoms. The first kappa shape index (κ1) is 38.7. The average molecular weight is 842 g/mol. The van der Waals surface area contributed by atoms with Gasteiger partial charge in [-0.05, 0) is 87.1 Å². The number of benzene rings is 2. The Labute approximate surface area is 349 Å². The monoisotopic (exact) mass is 841 g/mol. The van der Waals surface area contributed by atoms with Gasteiger partial charge >= 0.3 is 5.92 Å². The Morgan fingerprint density at radius 3 is 2.57 bits per heavy atom. The molecule has 5 aliphatic rings. The van der Waals surface area contributed by atoms with Gasteiger partial charge in [0.25, 0.3) is 5.56 Å². The van der Waals surface area contributed by atoms with E-state index in [2.05, 4.69) is 37.9 Å². The van der Waals surface area contributed by atoms with Crippen molar-refractivity contribution < 1.29 is 27.8 Å². The van der Waals surface area contributed by atoms with Gasteiger partial charge in [-0.15, -0.1) is 0 Å². The second kappa shape index (κ2) is 14.3. The van der Waals surface area contributed by atoms with Crippen LogP contribution in [-0.4, -0.2) is 73.9 Å². The van der Waals surface area contributed by atoms with Gasteiger partial charge in [-0.3, -0.25) is 24.4 Å². The predicted molar refractivity (Wildman–Crippen MR) is 223 cm³/mol. The zero-order valence-corrected chi connectivity index (χ0v) is 34.3. The summed E-state index contributed by atoms with van der Waals surface area (Å²) in [5.74, 6) is -2.40. The summed E-state index contributed by atoms with van der Waals surface area (Å²) in [5.41, 5.74) is 2.62. The van der Waals surface area contributed by atoms with Crippen LogP contribution in [0.5, 0.6) is 11.5 Å². The van der Waals surface area contributed by atoms with Crippen LogP contribution >= 0.6 is 11.6 Å². The van der Waals surface area contributed by atoms with Crippen molar-refractivity contribution in [2.45, 2.75) is 82.3 Å². The Bertz CT molecular complexity index is 2640. The lowest BCUT2D eigenvalue weighted by molar-refractivity contribution is -0.134. The third kappa shape index (κ3) is 6.76. The van der Waals surface area contributed by atoms with Gasteiger partial charge in [-0.25, -0.2) is 13.8 Å². The van der Waals surface area contributed by atoms with Gasteiger partial charge in [0.2, 0.25) is 23.5 Å². The van der Waals surface area contributed by atoms with Gasteiger partial charge in [0, 0.05) is 61.5 Å². The van der Waals surface area contributed by atoms with Crippen molar-refractivity contribution in [3.63, 3.8) is 0 Å². The number of pyridine rings is 1. The second-order valence-corrected chi connectivity index (χ2v) is 18.0. The normalized spacial score (nSPS) is 24.8. The highest BCUT2D eigenvalue weighted by Gasteiger charge is 2.51. The van der Waals surface area contributed by atoms with E-state index in [-0.39, 0.29) is 40.7 Å². The summed E-state index contributed by atoms with van der Waals surface area (Å²) >= 11 is 6.64. The highest BCUT2D eigenvalue weighted by Crippen LogP contribution is 2.48. The first-order valence-corrected chi connectivity index (χ1v) is 21.1. The number of ether oxygens (including phenoxy) is 2.